The second kappa shape index (κ2) is 13.8. The first kappa shape index (κ1) is 30.5. The van der Waals surface area contributed by atoms with E-state index in [-0.39, 0.29) is 28.1 Å². The third-order valence-electron chi connectivity index (χ3n) is 6.02. The largest absolute Gasteiger partial charge is 0.495 e. The number of ether oxygens (including phenoxy) is 1. The zero-order chi connectivity index (χ0) is 28.6. The number of nitrogens with zero attached hydrogens (tertiary/aromatic N) is 2. The van der Waals surface area contributed by atoms with Gasteiger partial charge in [0.05, 0.1) is 22.7 Å². The lowest BCUT2D eigenvalue weighted by Crippen LogP contribution is -2.51. The number of carbonyl (C=O) groups excluding carboxylic acids is 2. The minimum absolute atomic E-state index is 0.0120. The van der Waals surface area contributed by atoms with E-state index in [9.17, 15) is 18.0 Å². The average molecular weight is 637 g/mol. The van der Waals surface area contributed by atoms with Crippen LogP contribution in [0.15, 0.2) is 82.2 Å². The molecule has 0 fully saturated rings. The molecule has 0 spiro atoms. The molecule has 0 aliphatic rings. The lowest BCUT2D eigenvalue weighted by atomic mass is 10.1. The van der Waals surface area contributed by atoms with E-state index >= 15 is 0 Å². The van der Waals surface area contributed by atoms with Crippen LogP contribution >= 0.6 is 27.5 Å². The SMILES string of the molecule is CCCNC(=O)C(C)N(Cc1ccc(Br)cc1)C(=O)CN(c1ccc(OC)c(Cl)c1)S(=O)(=O)c1ccccc1. The molecule has 8 nitrogen and oxygen atoms in total. The monoisotopic (exact) mass is 635 g/mol. The van der Waals surface area contributed by atoms with Crippen molar-refractivity contribution in [3.63, 3.8) is 0 Å². The highest BCUT2D eigenvalue weighted by Crippen LogP contribution is 2.32. The molecule has 1 unspecified atom stereocenters. The Morgan fingerprint density at radius 2 is 1.72 bits per heavy atom. The summed E-state index contributed by atoms with van der Waals surface area (Å²) in [6.45, 7) is 3.57. The summed E-state index contributed by atoms with van der Waals surface area (Å²) in [5.41, 5.74) is 0.969. The van der Waals surface area contributed by atoms with Crippen molar-refractivity contribution in [2.45, 2.75) is 37.8 Å². The molecule has 0 saturated carbocycles. The average Bonchev–Trinajstić information content (AvgIpc) is 2.94. The zero-order valence-electron chi connectivity index (χ0n) is 21.9. The number of nitrogens with one attached hydrogen (secondary N) is 1. The van der Waals surface area contributed by atoms with Crippen LogP contribution in [0, 0.1) is 0 Å². The van der Waals surface area contributed by atoms with Crippen molar-refractivity contribution in [2.75, 3.05) is 24.5 Å². The summed E-state index contributed by atoms with van der Waals surface area (Å²) in [5, 5.41) is 3.01. The Morgan fingerprint density at radius 3 is 2.31 bits per heavy atom. The molecule has 0 bridgehead atoms. The summed E-state index contributed by atoms with van der Waals surface area (Å²) in [6, 6.07) is 18.8. The first-order chi connectivity index (χ1) is 18.6. The molecule has 11 heteroatoms. The van der Waals surface area contributed by atoms with Crippen LogP contribution in [0.1, 0.15) is 25.8 Å². The zero-order valence-corrected chi connectivity index (χ0v) is 25.1. The van der Waals surface area contributed by atoms with Gasteiger partial charge in [0.2, 0.25) is 11.8 Å². The van der Waals surface area contributed by atoms with Crippen molar-refractivity contribution in [1.82, 2.24) is 10.2 Å². The molecule has 1 N–H and O–H groups in total. The molecule has 0 aliphatic heterocycles. The van der Waals surface area contributed by atoms with E-state index < -0.39 is 28.5 Å². The fourth-order valence-corrected chi connectivity index (χ4v) is 5.77. The van der Waals surface area contributed by atoms with Crippen molar-refractivity contribution in [3.05, 3.63) is 87.9 Å². The van der Waals surface area contributed by atoms with Crippen LogP contribution in [-0.4, -0.2) is 51.4 Å². The Kier molecular flexibility index (Phi) is 10.8. The minimum Gasteiger partial charge on any atom is -0.495 e. The first-order valence-corrected chi connectivity index (χ1v) is 14.9. The van der Waals surface area contributed by atoms with Gasteiger partial charge in [-0.1, -0.05) is 64.8 Å². The fraction of sp³-hybridized carbons (Fsp3) is 0.286. The Morgan fingerprint density at radius 1 is 1.05 bits per heavy atom. The summed E-state index contributed by atoms with van der Waals surface area (Å²) < 4.78 is 34.7. The minimum atomic E-state index is -4.18. The van der Waals surface area contributed by atoms with Gasteiger partial charge in [-0.3, -0.25) is 13.9 Å². The highest BCUT2D eigenvalue weighted by atomic mass is 79.9. The summed E-state index contributed by atoms with van der Waals surface area (Å²) in [7, 11) is -2.73. The van der Waals surface area contributed by atoms with Crippen LogP contribution in [0.25, 0.3) is 0 Å². The highest BCUT2D eigenvalue weighted by Gasteiger charge is 2.32. The number of hydrogen-bond donors (Lipinski definition) is 1. The first-order valence-electron chi connectivity index (χ1n) is 12.3. The van der Waals surface area contributed by atoms with Gasteiger partial charge in [0.25, 0.3) is 10.0 Å². The molecule has 0 heterocycles. The molecule has 3 rings (SSSR count). The lowest BCUT2D eigenvalue weighted by Gasteiger charge is -2.32. The van der Waals surface area contributed by atoms with E-state index in [0.29, 0.717) is 12.3 Å². The normalized spacial score (nSPS) is 11.9. The number of hydrogen-bond acceptors (Lipinski definition) is 5. The van der Waals surface area contributed by atoms with E-state index in [2.05, 4.69) is 21.2 Å². The van der Waals surface area contributed by atoms with Crippen molar-refractivity contribution in [3.8, 4) is 5.75 Å². The van der Waals surface area contributed by atoms with Crippen molar-refractivity contribution >= 4 is 55.1 Å². The topological polar surface area (TPSA) is 96.0 Å². The van der Waals surface area contributed by atoms with Crippen molar-refractivity contribution in [2.24, 2.45) is 0 Å². The predicted molar refractivity (Wildman–Crippen MR) is 156 cm³/mol. The Balaban J connectivity index is 2.03. The molecule has 3 aromatic rings. The Labute approximate surface area is 243 Å². The van der Waals surface area contributed by atoms with Crippen LogP contribution in [0.3, 0.4) is 0 Å². The molecule has 208 valence electrons. The summed E-state index contributed by atoms with van der Waals surface area (Å²) in [6.07, 6.45) is 0.737. The number of carbonyl (C=O) groups is 2. The van der Waals surface area contributed by atoms with Gasteiger partial charge >= 0.3 is 0 Å². The molecule has 1 atom stereocenters. The molecule has 0 radical (unpaired) electrons. The van der Waals surface area contributed by atoms with Gasteiger partial charge < -0.3 is 15.0 Å². The maximum absolute atomic E-state index is 13.9. The predicted octanol–water partition coefficient (Wildman–Crippen LogP) is 5.25. The molecule has 0 aromatic heterocycles. The van der Waals surface area contributed by atoms with Crippen LogP contribution < -0.4 is 14.4 Å². The Hall–Kier alpha value is -3.08. The van der Waals surface area contributed by atoms with E-state index in [1.54, 1.807) is 25.1 Å². The number of anilines is 1. The van der Waals surface area contributed by atoms with Gasteiger partial charge in [0.1, 0.15) is 18.3 Å². The number of halogens is 2. The van der Waals surface area contributed by atoms with Crippen LogP contribution in [-0.2, 0) is 26.2 Å². The lowest BCUT2D eigenvalue weighted by molar-refractivity contribution is -0.139. The maximum atomic E-state index is 13.9. The van der Waals surface area contributed by atoms with Gasteiger partial charge in [-0.25, -0.2) is 8.42 Å². The number of sulfonamides is 1. The fourth-order valence-electron chi connectivity index (χ4n) is 3.82. The number of amides is 2. The van der Waals surface area contributed by atoms with E-state index in [0.717, 1.165) is 20.8 Å². The highest BCUT2D eigenvalue weighted by molar-refractivity contribution is 9.10. The smallest absolute Gasteiger partial charge is 0.264 e. The number of methoxy groups -OCH3 is 1. The van der Waals surface area contributed by atoms with Gasteiger partial charge in [-0.05, 0) is 61.4 Å². The number of rotatable bonds is 12. The molecule has 39 heavy (non-hydrogen) atoms. The van der Waals surface area contributed by atoms with Gasteiger partial charge in [-0.15, -0.1) is 0 Å². The molecule has 0 aliphatic carbocycles. The summed E-state index contributed by atoms with van der Waals surface area (Å²) >= 11 is 9.73. The summed E-state index contributed by atoms with van der Waals surface area (Å²) in [5.74, 6) is -0.516. The van der Waals surface area contributed by atoms with Gasteiger partial charge in [0.15, 0.2) is 0 Å². The molecular formula is C28H31BrClN3O5S. The molecule has 3 aromatic carbocycles. The summed E-state index contributed by atoms with van der Waals surface area (Å²) in [4.78, 5) is 28.2. The Bertz CT molecular complexity index is 1390. The van der Waals surface area contributed by atoms with Crippen molar-refractivity contribution in [1.29, 1.82) is 0 Å². The van der Waals surface area contributed by atoms with Gasteiger partial charge in [-0.2, -0.15) is 0 Å². The quantitative estimate of drug-likeness (QED) is 0.293. The standard InChI is InChI=1S/C28H31BrClN3O5S/c1-4-16-31-28(35)20(2)32(18-21-10-12-22(29)13-11-21)27(34)19-33(23-14-15-26(38-3)25(30)17-23)39(36,37)24-8-6-5-7-9-24/h5-15,17,20H,4,16,18-19H2,1-3H3,(H,31,35). The third-order valence-corrected chi connectivity index (χ3v) is 8.63. The van der Waals surface area contributed by atoms with E-state index in [4.69, 9.17) is 16.3 Å². The molecule has 0 saturated heterocycles. The second-order valence-corrected chi connectivity index (χ2v) is 11.9. The molecule has 2 amide bonds. The van der Waals surface area contributed by atoms with Crippen LogP contribution in [0.4, 0.5) is 5.69 Å². The second-order valence-electron chi connectivity index (χ2n) is 8.76. The van der Waals surface area contributed by atoms with Crippen LogP contribution in [0.2, 0.25) is 5.02 Å². The van der Waals surface area contributed by atoms with Gasteiger partial charge in [0, 0.05) is 17.6 Å². The van der Waals surface area contributed by atoms with Crippen molar-refractivity contribution < 1.29 is 22.7 Å². The van der Waals surface area contributed by atoms with E-state index in [1.807, 2.05) is 31.2 Å². The van der Waals surface area contributed by atoms with E-state index in [1.165, 1.54) is 42.3 Å². The molecular weight excluding hydrogens is 606 g/mol. The third kappa shape index (κ3) is 7.74. The van der Waals surface area contributed by atoms with Crippen LogP contribution in [0.5, 0.6) is 5.75 Å². The maximum Gasteiger partial charge on any atom is 0.264 e. The number of benzene rings is 3.